The molecule has 1 unspecified atom stereocenters. The summed E-state index contributed by atoms with van der Waals surface area (Å²) >= 11 is 0. The van der Waals surface area contributed by atoms with Crippen molar-refractivity contribution in [3.63, 3.8) is 0 Å². The molecule has 0 spiro atoms. The Balaban J connectivity index is 2.13. The molecule has 0 saturated carbocycles. The molecule has 0 bridgehead atoms. The van der Waals surface area contributed by atoms with E-state index in [0.717, 1.165) is 12.1 Å². The van der Waals surface area contributed by atoms with Gasteiger partial charge in [-0.3, -0.25) is 10.1 Å². The summed E-state index contributed by atoms with van der Waals surface area (Å²) in [5, 5.41) is 13.9. The first-order valence-corrected chi connectivity index (χ1v) is 7.97. The zero-order valence-corrected chi connectivity index (χ0v) is 14.6. The summed E-state index contributed by atoms with van der Waals surface area (Å²) in [6.45, 7) is 5.77. The lowest BCUT2D eigenvalue weighted by atomic mass is 10.1. The first-order valence-electron chi connectivity index (χ1n) is 7.97. The molecule has 1 fully saturated rings. The van der Waals surface area contributed by atoms with Gasteiger partial charge in [0, 0.05) is 19.2 Å². The maximum atomic E-state index is 12.8. The number of anilines is 1. The molecule has 26 heavy (non-hydrogen) atoms. The van der Waals surface area contributed by atoms with Crippen LogP contribution in [0.1, 0.15) is 32.8 Å². The number of hydrogen-bond donors (Lipinski definition) is 1. The van der Waals surface area contributed by atoms with Crippen molar-refractivity contribution in [2.24, 2.45) is 0 Å². The molecule has 1 aliphatic rings. The van der Waals surface area contributed by atoms with Gasteiger partial charge in [0.15, 0.2) is 0 Å². The van der Waals surface area contributed by atoms with Crippen molar-refractivity contribution in [1.29, 1.82) is 0 Å². The van der Waals surface area contributed by atoms with Crippen LogP contribution in [0.15, 0.2) is 18.2 Å². The number of hydrogen-bond acceptors (Lipinski definition) is 5. The third-order valence-electron chi connectivity index (χ3n) is 3.75. The van der Waals surface area contributed by atoms with Crippen LogP contribution in [0.3, 0.4) is 0 Å². The second kappa shape index (κ2) is 7.00. The van der Waals surface area contributed by atoms with E-state index < -0.39 is 34.0 Å². The molecular formula is C16H20F3N3O4. The van der Waals surface area contributed by atoms with Crippen LogP contribution >= 0.6 is 0 Å². The quantitative estimate of drug-likeness (QED) is 0.643. The molecule has 1 heterocycles. The number of nitrogens with one attached hydrogen (secondary N) is 1. The zero-order chi connectivity index (χ0) is 19.7. The molecule has 1 atom stereocenters. The van der Waals surface area contributed by atoms with E-state index >= 15 is 0 Å². The van der Waals surface area contributed by atoms with Gasteiger partial charge in [0.1, 0.15) is 11.3 Å². The molecule has 10 heteroatoms. The van der Waals surface area contributed by atoms with Crippen LogP contribution in [-0.4, -0.2) is 35.7 Å². The molecule has 1 aromatic rings. The van der Waals surface area contributed by atoms with Gasteiger partial charge in [-0.15, -0.1) is 0 Å². The van der Waals surface area contributed by atoms with Gasteiger partial charge in [-0.05, 0) is 39.3 Å². The third-order valence-corrected chi connectivity index (χ3v) is 3.75. The number of benzene rings is 1. The fourth-order valence-corrected chi connectivity index (χ4v) is 2.68. The second-order valence-corrected chi connectivity index (χ2v) is 7.04. The maximum absolute atomic E-state index is 12.8. The van der Waals surface area contributed by atoms with Crippen molar-refractivity contribution < 1.29 is 27.6 Å². The molecule has 1 saturated heterocycles. The molecule has 1 aliphatic heterocycles. The number of amides is 1. The minimum atomic E-state index is -4.66. The van der Waals surface area contributed by atoms with Crippen molar-refractivity contribution in [1.82, 2.24) is 5.32 Å². The first kappa shape index (κ1) is 19.8. The number of carbonyl (C=O) groups is 1. The Morgan fingerprint density at radius 1 is 1.35 bits per heavy atom. The number of alkyl carbamates (subject to hydrolysis) is 1. The van der Waals surface area contributed by atoms with E-state index in [1.54, 1.807) is 25.7 Å². The number of nitro groups is 1. The number of nitrogens with zero attached hydrogens (tertiary/aromatic N) is 2. The summed E-state index contributed by atoms with van der Waals surface area (Å²) in [6, 6.07) is 2.13. The fraction of sp³-hybridized carbons (Fsp3) is 0.562. The van der Waals surface area contributed by atoms with Crippen LogP contribution in [-0.2, 0) is 10.9 Å². The molecule has 0 aromatic heterocycles. The fourth-order valence-electron chi connectivity index (χ4n) is 2.68. The first-order chi connectivity index (χ1) is 11.9. The molecule has 0 radical (unpaired) electrons. The predicted octanol–water partition coefficient (Wildman–Crippen LogP) is 3.72. The average molecular weight is 375 g/mol. The van der Waals surface area contributed by atoms with Gasteiger partial charge in [0.05, 0.1) is 16.5 Å². The number of nitro benzene ring substituents is 1. The van der Waals surface area contributed by atoms with E-state index in [1.165, 1.54) is 0 Å². The minimum Gasteiger partial charge on any atom is -0.444 e. The summed E-state index contributed by atoms with van der Waals surface area (Å²) in [4.78, 5) is 23.7. The standard InChI is InChI=1S/C16H20F3N3O4/c1-15(2,3)26-14(23)20-11-6-7-21(9-11)12-5-4-10(16(17,18)19)8-13(12)22(24)25/h4-5,8,11H,6-7,9H2,1-3H3,(H,20,23). The monoisotopic (exact) mass is 375 g/mol. The van der Waals surface area contributed by atoms with E-state index in [9.17, 15) is 28.1 Å². The van der Waals surface area contributed by atoms with E-state index in [0.29, 0.717) is 19.0 Å². The maximum Gasteiger partial charge on any atom is 0.416 e. The van der Waals surface area contributed by atoms with Gasteiger partial charge in [-0.25, -0.2) is 4.79 Å². The lowest BCUT2D eigenvalue weighted by molar-refractivity contribution is -0.384. The highest BCUT2D eigenvalue weighted by atomic mass is 19.4. The minimum absolute atomic E-state index is 0.0940. The van der Waals surface area contributed by atoms with Crippen LogP contribution in [0.25, 0.3) is 0 Å². The smallest absolute Gasteiger partial charge is 0.416 e. The largest absolute Gasteiger partial charge is 0.444 e. The highest BCUT2D eigenvalue weighted by Gasteiger charge is 2.35. The van der Waals surface area contributed by atoms with Crippen LogP contribution in [0.5, 0.6) is 0 Å². The average Bonchev–Trinajstić information content (AvgIpc) is 2.91. The molecule has 0 aliphatic carbocycles. The van der Waals surface area contributed by atoms with Gasteiger partial charge in [-0.1, -0.05) is 0 Å². The highest BCUT2D eigenvalue weighted by Crippen LogP contribution is 2.37. The topological polar surface area (TPSA) is 84.7 Å². The molecule has 7 nitrogen and oxygen atoms in total. The second-order valence-electron chi connectivity index (χ2n) is 7.04. The Morgan fingerprint density at radius 2 is 2.00 bits per heavy atom. The highest BCUT2D eigenvalue weighted by molar-refractivity contribution is 5.69. The summed E-state index contributed by atoms with van der Waals surface area (Å²) in [6.07, 6.45) is -4.77. The van der Waals surface area contributed by atoms with Crippen LogP contribution in [0.4, 0.5) is 29.3 Å². The molecular weight excluding hydrogens is 355 g/mol. The Morgan fingerprint density at radius 3 is 2.54 bits per heavy atom. The normalized spacial score (nSPS) is 17.9. The Kier molecular flexibility index (Phi) is 5.33. The van der Waals surface area contributed by atoms with Crippen molar-refractivity contribution in [2.45, 2.75) is 45.0 Å². The Labute approximate surface area is 148 Å². The van der Waals surface area contributed by atoms with Crippen molar-refractivity contribution in [2.75, 3.05) is 18.0 Å². The van der Waals surface area contributed by atoms with Crippen LogP contribution in [0, 0.1) is 10.1 Å². The van der Waals surface area contributed by atoms with Gasteiger partial charge in [0.25, 0.3) is 5.69 Å². The summed E-state index contributed by atoms with van der Waals surface area (Å²) in [5.41, 5.74) is -2.25. The summed E-state index contributed by atoms with van der Waals surface area (Å²) in [7, 11) is 0. The number of carbonyl (C=O) groups excluding carboxylic acids is 1. The number of ether oxygens (including phenoxy) is 1. The number of alkyl halides is 3. The third kappa shape index (κ3) is 4.99. The van der Waals surface area contributed by atoms with E-state index in [-0.39, 0.29) is 18.3 Å². The molecule has 2 rings (SSSR count). The van der Waals surface area contributed by atoms with Gasteiger partial charge >= 0.3 is 12.3 Å². The van der Waals surface area contributed by atoms with Crippen LogP contribution in [0.2, 0.25) is 0 Å². The lowest BCUT2D eigenvalue weighted by Crippen LogP contribution is -2.40. The van der Waals surface area contributed by atoms with Gasteiger partial charge in [0.2, 0.25) is 0 Å². The SMILES string of the molecule is CC(C)(C)OC(=O)NC1CCN(c2ccc(C(F)(F)F)cc2[N+](=O)[O-])C1. The molecule has 1 amide bonds. The van der Waals surface area contributed by atoms with Crippen molar-refractivity contribution in [3.05, 3.63) is 33.9 Å². The number of rotatable bonds is 3. The van der Waals surface area contributed by atoms with Gasteiger partial charge < -0.3 is 15.0 Å². The van der Waals surface area contributed by atoms with E-state index in [1.807, 2.05) is 0 Å². The molecule has 1 aromatic carbocycles. The van der Waals surface area contributed by atoms with E-state index in [2.05, 4.69) is 5.32 Å². The lowest BCUT2D eigenvalue weighted by Gasteiger charge is -2.22. The number of halogens is 3. The van der Waals surface area contributed by atoms with Gasteiger partial charge in [-0.2, -0.15) is 13.2 Å². The zero-order valence-electron chi connectivity index (χ0n) is 14.6. The predicted molar refractivity (Wildman–Crippen MR) is 88.1 cm³/mol. The Bertz CT molecular complexity index is 701. The summed E-state index contributed by atoms with van der Waals surface area (Å²) < 4.78 is 43.5. The summed E-state index contributed by atoms with van der Waals surface area (Å²) in [5.74, 6) is 0. The van der Waals surface area contributed by atoms with E-state index in [4.69, 9.17) is 4.74 Å². The Hall–Kier alpha value is -2.52. The molecule has 144 valence electrons. The van der Waals surface area contributed by atoms with Crippen molar-refractivity contribution >= 4 is 17.5 Å². The van der Waals surface area contributed by atoms with Crippen molar-refractivity contribution in [3.8, 4) is 0 Å². The van der Waals surface area contributed by atoms with Crippen LogP contribution < -0.4 is 10.2 Å². The molecule has 1 N–H and O–H groups in total.